The van der Waals surface area contributed by atoms with Gasteiger partial charge in [0.1, 0.15) is 17.7 Å². The summed E-state index contributed by atoms with van der Waals surface area (Å²) in [7, 11) is 0. The van der Waals surface area contributed by atoms with E-state index in [1.165, 1.54) is 4.90 Å². The third-order valence-electron chi connectivity index (χ3n) is 4.93. The van der Waals surface area contributed by atoms with Gasteiger partial charge < -0.3 is 20.3 Å². The highest BCUT2D eigenvalue weighted by Gasteiger charge is 2.35. The lowest BCUT2D eigenvalue weighted by atomic mass is 9.97. The standard InChI is InChI=1S/C26H39N3O4/c1-9-14-18(4)27-23(30)22(21-16-13-12-15-20(21)11-3)29(17-10-2)24(31)19(5)28-25(32)33-26(6,7)8/h3,12-13,15-16,18-19,22H,9-10,14,17H2,1-2,4-8H3,(H,27,30)(H,28,32). The van der Waals surface area contributed by atoms with E-state index >= 15 is 0 Å². The van der Waals surface area contributed by atoms with Crippen LogP contribution >= 0.6 is 0 Å². The summed E-state index contributed by atoms with van der Waals surface area (Å²) in [5.74, 6) is 1.93. The number of alkyl carbamates (subject to hydrolysis) is 1. The van der Waals surface area contributed by atoms with Gasteiger partial charge in [0, 0.05) is 18.2 Å². The van der Waals surface area contributed by atoms with Crippen LogP contribution in [-0.2, 0) is 14.3 Å². The molecule has 0 saturated carbocycles. The van der Waals surface area contributed by atoms with Crippen LogP contribution in [0.3, 0.4) is 0 Å². The average Bonchev–Trinajstić information content (AvgIpc) is 2.71. The smallest absolute Gasteiger partial charge is 0.408 e. The monoisotopic (exact) mass is 457 g/mol. The number of carbonyl (C=O) groups is 3. The van der Waals surface area contributed by atoms with Gasteiger partial charge in [-0.25, -0.2) is 4.79 Å². The summed E-state index contributed by atoms with van der Waals surface area (Å²) in [5.41, 5.74) is 0.425. The highest BCUT2D eigenvalue weighted by Crippen LogP contribution is 2.26. The van der Waals surface area contributed by atoms with Crippen molar-refractivity contribution in [1.29, 1.82) is 0 Å². The number of terminal acetylenes is 1. The summed E-state index contributed by atoms with van der Waals surface area (Å²) in [5, 5.41) is 5.61. The second kappa shape index (κ2) is 12.9. The molecule has 33 heavy (non-hydrogen) atoms. The summed E-state index contributed by atoms with van der Waals surface area (Å²) in [6.07, 6.45) is 7.37. The molecule has 1 aromatic carbocycles. The Morgan fingerprint density at radius 3 is 2.27 bits per heavy atom. The van der Waals surface area contributed by atoms with E-state index in [-0.39, 0.29) is 11.9 Å². The highest BCUT2D eigenvalue weighted by molar-refractivity contribution is 5.92. The largest absolute Gasteiger partial charge is 0.444 e. The van der Waals surface area contributed by atoms with Crippen molar-refractivity contribution in [3.05, 3.63) is 35.4 Å². The normalized spacial score (nSPS) is 13.8. The van der Waals surface area contributed by atoms with Crippen molar-refractivity contribution in [3.8, 4) is 12.3 Å². The Balaban J connectivity index is 3.34. The molecule has 182 valence electrons. The van der Waals surface area contributed by atoms with Crippen molar-refractivity contribution >= 4 is 17.9 Å². The van der Waals surface area contributed by atoms with Crippen LogP contribution in [0.2, 0.25) is 0 Å². The number of nitrogens with zero attached hydrogens (tertiary/aromatic N) is 1. The second-order valence-electron chi connectivity index (χ2n) is 9.23. The molecule has 0 heterocycles. The molecule has 1 rings (SSSR count). The number of hydrogen-bond donors (Lipinski definition) is 2. The van der Waals surface area contributed by atoms with Gasteiger partial charge in [-0.2, -0.15) is 0 Å². The van der Waals surface area contributed by atoms with Crippen molar-refractivity contribution < 1.29 is 19.1 Å². The topological polar surface area (TPSA) is 87.7 Å². The molecular formula is C26H39N3O4. The molecule has 1 aromatic rings. The van der Waals surface area contributed by atoms with Gasteiger partial charge in [-0.05, 0) is 59.1 Å². The fraction of sp³-hybridized carbons (Fsp3) is 0.577. The molecule has 3 amide bonds. The molecule has 3 unspecified atom stereocenters. The summed E-state index contributed by atoms with van der Waals surface area (Å²) >= 11 is 0. The minimum absolute atomic E-state index is 0.0566. The van der Waals surface area contributed by atoms with Crippen molar-refractivity contribution in [2.75, 3.05) is 6.54 Å². The third kappa shape index (κ3) is 8.80. The molecule has 0 spiro atoms. The van der Waals surface area contributed by atoms with Gasteiger partial charge in [0.25, 0.3) is 0 Å². The van der Waals surface area contributed by atoms with E-state index in [4.69, 9.17) is 11.2 Å². The van der Waals surface area contributed by atoms with Gasteiger partial charge in [0.15, 0.2) is 0 Å². The zero-order chi connectivity index (χ0) is 25.2. The minimum atomic E-state index is -0.924. The highest BCUT2D eigenvalue weighted by atomic mass is 16.6. The predicted molar refractivity (Wildman–Crippen MR) is 130 cm³/mol. The van der Waals surface area contributed by atoms with E-state index in [0.29, 0.717) is 24.1 Å². The zero-order valence-electron chi connectivity index (χ0n) is 21.0. The Morgan fingerprint density at radius 1 is 1.09 bits per heavy atom. The first kappa shape index (κ1) is 28.0. The van der Waals surface area contributed by atoms with Crippen LogP contribution in [0, 0.1) is 12.3 Å². The third-order valence-corrected chi connectivity index (χ3v) is 4.93. The molecule has 0 fully saturated rings. The van der Waals surface area contributed by atoms with E-state index < -0.39 is 29.7 Å². The average molecular weight is 458 g/mol. The number of rotatable bonds is 10. The molecule has 7 nitrogen and oxygen atoms in total. The molecule has 2 N–H and O–H groups in total. The van der Waals surface area contributed by atoms with Crippen LogP contribution in [0.1, 0.15) is 84.9 Å². The van der Waals surface area contributed by atoms with Crippen LogP contribution < -0.4 is 10.6 Å². The fourth-order valence-electron chi connectivity index (χ4n) is 3.55. The molecule has 0 aliphatic heterocycles. The lowest BCUT2D eigenvalue weighted by Crippen LogP contribution is -2.53. The van der Waals surface area contributed by atoms with Crippen molar-refractivity contribution in [3.63, 3.8) is 0 Å². The van der Waals surface area contributed by atoms with Crippen LogP contribution in [0.5, 0.6) is 0 Å². The Kier molecular flexibility index (Phi) is 10.9. The second-order valence-corrected chi connectivity index (χ2v) is 9.23. The Labute approximate surface area is 198 Å². The zero-order valence-corrected chi connectivity index (χ0v) is 21.0. The number of carbonyl (C=O) groups excluding carboxylic acids is 3. The summed E-state index contributed by atoms with van der Waals surface area (Å²) < 4.78 is 5.28. The summed E-state index contributed by atoms with van der Waals surface area (Å²) in [6.45, 7) is 13.0. The van der Waals surface area contributed by atoms with Gasteiger partial charge in [0.05, 0.1) is 0 Å². The van der Waals surface area contributed by atoms with Crippen molar-refractivity contribution in [1.82, 2.24) is 15.5 Å². The summed E-state index contributed by atoms with van der Waals surface area (Å²) in [4.78, 5) is 40.7. The fourth-order valence-corrected chi connectivity index (χ4v) is 3.55. The molecule has 0 aliphatic rings. The Bertz CT molecular complexity index is 854. The Hall–Kier alpha value is -3.01. The lowest BCUT2D eigenvalue weighted by Gasteiger charge is -2.34. The van der Waals surface area contributed by atoms with Gasteiger partial charge in [-0.15, -0.1) is 6.42 Å². The lowest BCUT2D eigenvalue weighted by molar-refractivity contribution is -0.142. The molecule has 0 bridgehead atoms. The first-order valence-corrected chi connectivity index (χ1v) is 11.6. The predicted octanol–water partition coefficient (Wildman–Crippen LogP) is 4.17. The van der Waals surface area contributed by atoms with Gasteiger partial charge in [0.2, 0.25) is 11.8 Å². The van der Waals surface area contributed by atoms with Crippen LogP contribution in [-0.4, -0.2) is 47.0 Å². The number of benzene rings is 1. The molecule has 3 atom stereocenters. The van der Waals surface area contributed by atoms with Crippen molar-refractivity contribution in [2.24, 2.45) is 0 Å². The SMILES string of the molecule is C#Cc1ccccc1C(C(=O)NC(C)CCC)N(CCC)C(=O)C(C)NC(=O)OC(C)(C)C. The number of hydrogen-bond acceptors (Lipinski definition) is 4. The Morgan fingerprint density at radius 2 is 1.73 bits per heavy atom. The van der Waals surface area contributed by atoms with Crippen LogP contribution in [0.25, 0.3) is 0 Å². The molecule has 0 aromatic heterocycles. The molecule has 0 radical (unpaired) electrons. The minimum Gasteiger partial charge on any atom is -0.444 e. The maximum Gasteiger partial charge on any atom is 0.408 e. The molecule has 0 aliphatic carbocycles. The number of ether oxygens (including phenoxy) is 1. The van der Waals surface area contributed by atoms with Gasteiger partial charge >= 0.3 is 6.09 Å². The van der Waals surface area contributed by atoms with E-state index in [0.717, 1.165) is 12.8 Å². The quantitative estimate of drug-likeness (QED) is 0.516. The van der Waals surface area contributed by atoms with Crippen molar-refractivity contribution in [2.45, 2.75) is 91.5 Å². The van der Waals surface area contributed by atoms with Crippen LogP contribution in [0.4, 0.5) is 4.79 Å². The number of amides is 3. The van der Waals surface area contributed by atoms with Gasteiger partial charge in [-0.3, -0.25) is 9.59 Å². The van der Waals surface area contributed by atoms with E-state index in [9.17, 15) is 14.4 Å². The van der Waals surface area contributed by atoms with Crippen LogP contribution in [0.15, 0.2) is 24.3 Å². The molecular weight excluding hydrogens is 418 g/mol. The number of nitrogens with one attached hydrogen (secondary N) is 2. The summed E-state index contributed by atoms with van der Waals surface area (Å²) in [6, 6.07) is 5.24. The molecule has 0 saturated heterocycles. The van der Waals surface area contributed by atoms with E-state index in [2.05, 4.69) is 16.6 Å². The maximum atomic E-state index is 13.5. The first-order chi connectivity index (χ1) is 15.4. The maximum absolute atomic E-state index is 13.5. The molecule has 7 heteroatoms. The van der Waals surface area contributed by atoms with Gasteiger partial charge in [-0.1, -0.05) is 44.4 Å². The first-order valence-electron chi connectivity index (χ1n) is 11.6. The van der Waals surface area contributed by atoms with E-state index in [1.54, 1.807) is 52.0 Å². The van der Waals surface area contributed by atoms with E-state index in [1.807, 2.05) is 20.8 Å².